The Bertz CT molecular complexity index is 1320. The molecule has 0 radical (unpaired) electrons. The van der Waals surface area contributed by atoms with E-state index in [1.807, 2.05) is 24.3 Å². The highest BCUT2D eigenvalue weighted by molar-refractivity contribution is 7.89. The SMILES string of the molecule is Nc1ncc(-c2ccc(S(=O)(=O)NCC3CC3)cc2)cc1-c1ccc2c(c1)CCCNC2=O. The molecule has 2 aliphatic rings. The number of anilines is 1. The zero-order valence-electron chi connectivity index (χ0n) is 18.2. The van der Waals surface area contributed by atoms with Crippen LogP contribution >= 0.6 is 0 Å². The Morgan fingerprint density at radius 3 is 2.52 bits per heavy atom. The Kier molecular flexibility index (Phi) is 5.64. The van der Waals surface area contributed by atoms with Crippen molar-refractivity contribution in [3.63, 3.8) is 0 Å². The zero-order chi connectivity index (χ0) is 23.0. The Balaban J connectivity index is 1.43. The number of amides is 1. The van der Waals surface area contributed by atoms with Crippen LogP contribution in [0.1, 0.15) is 35.2 Å². The molecule has 2 aromatic carbocycles. The van der Waals surface area contributed by atoms with Crippen molar-refractivity contribution in [2.75, 3.05) is 18.8 Å². The summed E-state index contributed by atoms with van der Waals surface area (Å²) in [6, 6.07) is 14.5. The quantitative estimate of drug-likeness (QED) is 0.520. The molecule has 1 amide bonds. The molecule has 7 nitrogen and oxygen atoms in total. The predicted molar refractivity (Wildman–Crippen MR) is 128 cm³/mol. The predicted octanol–water partition coefficient (Wildman–Crippen LogP) is 3.36. The van der Waals surface area contributed by atoms with E-state index in [2.05, 4.69) is 15.0 Å². The van der Waals surface area contributed by atoms with Crippen molar-refractivity contribution in [1.82, 2.24) is 15.0 Å². The Hall–Kier alpha value is -3.23. The molecule has 170 valence electrons. The number of nitrogen functional groups attached to an aromatic ring is 1. The lowest BCUT2D eigenvalue weighted by molar-refractivity contribution is 0.0956. The van der Waals surface area contributed by atoms with Gasteiger partial charge in [-0.05, 0) is 72.6 Å². The van der Waals surface area contributed by atoms with E-state index in [0.29, 0.717) is 30.4 Å². The average Bonchev–Trinajstić information content (AvgIpc) is 3.66. The fraction of sp³-hybridized carbons (Fsp3) is 0.280. The van der Waals surface area contributed by atoms with Crippen LogP contribution in [-0.2, 0) is 16.4 Å². The van der Waals surface area contributed by atoms with Crippen molar-refractivity contribution in [3.05, 3.63) is 65.9 Å². The highest BCUT2D eigenvalue weighted by Crippen LogP contribution is 2.32. The molecule has 3 aromatic rings. The number of rotatable bonds is 6. The van der Waals surface area contributed by atoms with Crippen molar-refractivity contribution in [1.29, 1.82) is 0 Å². The number of pyridine rings is 1. The molecular weight excluding hydrogens is 436 g/mol. The minimum Gasteiger partial charge on any atom is -0.383 e. The molecule has 0 spiro atoms. The van der Waals surface area contributed by atoms with Gasteiger partial charge in [0.2, 0.25) is 10.0 Å². The van der Waals surface area contributed by atoms with Crippen molar-refractivity contribution in [2.45, 2.75) is 30.6 Å². The summed E-state index contributed by atoms with van der Waals surface area (Å²) in [5.41, 5.74) is 11.3. The maximum absolute atomic E-state index is 12.5. The van der Waals surface area contributed by atoms with Crippen molar-refractivity contribution in [3.8, 4) is 22.3 Å². The highest BCUT2D eigenvalue weighted by atomic mass is 32.2. The van der Waals surface area contributed by atoms with Crippen LogP contribution in [0.4, 0.5) is 5.82 Å². The summed E-state index contributed by atoms with van der Waals surface area (Å²) in [4.78, 5) is 16.9. The third kappa shape index (κ3) is 4.62. The van der Waals surface area contributed by atoms with Gasteiger partial charge in [0.25, 0.3) is 5.91 Å². The molecule has 1 aliphatic heterocycles. The van der Waals surface area contributed by atoms with E-state index in [1.165, 1.54) is 0 Å². The zero-order valence-corrected chi connectivity index (χ0v) is 19.0. The van der Waals surface area contributed by atoms with Crippen molar-refractivity contribution < 1.29 is 13.2 Å². The molecule has 0 saturated heterocycles. The summed E-state index contributed by atoms with van der Waals surface area (Å²) in [5, 5.41) is 2.91. The number of carbonyl (C=O) groups excluding carboxylic acids is 1. The van der Waals surface area contributed by atoms with Crippen LogP contribution in [0, 0.1) is 5.92 Å². The molecule has 1 saturated carbocycles. The first-order valence-corrected chi connectivity index (χ1v) is 12.7. The molecule has 0 atom stereocenters. The second-order valence-electron chi connectivity index (χ2n) is 8.71. The van der Waals surface area contributed by atoms with Gasteiger partial charge >= 0.3 is 0 Å². The summed E-state index contributed by atoms with van der Waals surface area (Å²) >= 11 is 0. The molecule has 1 fully saturated rings. The first kappa shape index (κ1) is 21.6. The molecule has 0 bridgehead atoms. The van der Waals surface area contributed by atoms with Crippen LogP contribution in [-0.4, -0.2) is 32.4 Å². The Labute approximate surface area is 193 Å². The van der Waals surface area contributed by atoms with Crippen LogP contribution < -0.4 is 15.8 Å². The molecule has 0 unspecified atom stereocenters. The lowest BCUT2D eigenvalue weighted by atomic mass is 9.95. The van der Waals surface area contributed by atoms with E-state index in [1.54, 1.807) is 30.5 Å². The van der Waals surface area contributed by atoms with Gasteiger partial charge in [-0.3, -0.25) is 4.79 Å². The lowest BCUT2D eigenvalue weighted by Gasteiger charge is -2.12. The fourth-order valence-electron chi connectivity index (χ4n) is 4.09. The maximum Gasteiger partial charge on any atom is 0.251 e. The fourth-order valence-corrected chi connectivity index (χ4v) is 5.21. The summed E-state index contributed by atoms with van der Waals surface area (Å²) < 4.78 is 27.7. The largest absolute Gasteiger partial charge is 0.383 e. The minimum absolute atomic E-state index is 0.0458. The van der Waals surface area contributed by atoms with E-state index < -0.39 is 10.0 Å². The van der Waals surface area contributed by atoms with Gasteiger partial charge < -0.3 is 11.1 Å². The van der Waals surface area contributed by atoms with E-state index in [9.17, 15) is 13.2 Å². The number of hydrogen-bond acceptors (Lipinski definition) is 5. The maximum atomic E-state index is 12.5. The summed E-state index contributed by atoms with van der Waals surface area (Å²) in [6.45, 7) is 1.17. The number of nitrogens with two attached hydrogens (primary N) is 1. The number of hydrogen-bond donors (Lipinski definition) is 3. The molecule has 1 aromatic heterocycles. The lowest BCUT2D eigenvalue weighted by Crippen LogP contribution is -2.25. The summed E-state index contributed by atoms with van der Waals surface area (Å²) in [7, 11) is -3.51. The third-order valence-corrected chi connectivity index (χ3v) is 7.68. The van der Waals surface area contributed by atoms with Crippen LogP contribution in [0.2, 0.25) is 0 Å². The Morgan fingerprint density at radius 1 is 1.00 bits per heavy atom. The number of fused-ring (bicyclic) bond motifs is 1. The summed E-state index contributed by atoms with van der Waals surface area (Å²) in [5.74, 6) is 0.830. The molecule has 4 N–H and O–H groups in total. The van der Waals surface area contributed by atoms with Gasteiger partial charge in [-0.1, -0.05) is 24.3 Å². The normalized spacial score (nSPS) is 16.1. The summed E-state index contributed by atoms with van der Waals surface area (Å²) in [6.07, 6.45) is 5.57. The van der Waals surface area contributed by atoms with Gasteiger partial charge in [-0.2, -0.15) is 0 Å². The number of nitrogens with one attached hydrogen (secondary N) is 2. The van der Waals surface area contributed by atoms with Crippen molar-refractivity contribution >= 4 is 21.7 Å². The number of carbonyl (C=O) groups is 1. The van der Waals surface area contributed by atoms with Crippen LogP contribution in [0.5, 0.6) is 0 Å². The molecule has 33 heavy (non-hydrogen) atoms. The first-order valence-electron chi connectivity index (χ1n) is 11.2. The number of aryl methyl sites for hydroxylation is 1. The topological polar surface area (TPSA) is 114 Å². The van der Waals surface area contributed by atoms with E-state index in [4.69, 9.17) is 5.73 Å². The minimum atomic E-state index is -3.51. The van der Waals surface area contributed by atoms with Gasteiger partial charge in [0.15, 0.2) is 0 Å². The van der Waals surface area contributed by atoms with Crippen LogP contribution in [0.15, 0.2) is 59.6 Å². The van der Waals surface area contributed by atoms with E-state index >= 15 is 0 Å². The van der Waals surface area contributed by atoms with Gasteiger partial charge in [0.05, 0.1) is 4.90 Å². The monoisotopic (exact) mass is 462 g/mol. The molecule has 8 heteroatoms. The van der Waals surface area contributed by atoms with Crippen LogP contribution in [0.3, 0.4) is 0 Å². The van der Waals surface area contributed by atoms with Gasteiger partial charge in [0, 0.05) is 36.0 Å². The second kappa shape index (κ2) is 8.61. The number of sulfonamides is 1. The second-order valence-corrected chi connectivity index (χ2v) is 10.5. The van der Waals surface area contributed by atoms with E-state index in [-0.39, 0.29) is 10.8 Å². The third-order valence-electron chi connectivity index (χ3n) is 6.24. The molecule has 1 aliphatic carbocycles. The van der Waals surface area contributed by atoms with Gasteiger partial charge in [-0.25, -0.2) is 18.1 Å². The smallest absolute Gasteiger partial charge is 0.251 e. The van der Waals surface area contributed by atoms with E-state index in [0.717, 1.165) is 53.5 Å². The molecule has 5 rings (SSSR count). The average molecular weight is 463 g/mol. The van der Waals surface area contributed by atoms with Crippen molar-refractivity contribution in [2.24, 2.45) is 5.92 Å². The molecule has 2 heterocycles. The number of aromatic nitrogens is 1. The Morgan fingerprint density at radius 2 is 1.76 bits per heavy atom. The molecular formula is C25H26N4O3S. The first-order chi connectivity index (χ1) is 15.9. The number of nitrogens with zero attached hydrogens (tertiary/aromatic N) is 1. The standard InChI is InChI=1S/C25H26N4O3S/c26-24-23(19-7-10-22-18(12-19)2-1-11-27-25(22)30)13-20(15-28-24)17-5-8-21(9-6-17)33(31,32)29-14-16-3-4-16/h5-10,12-13,15-16,29H,1-4,11,14H2,(H2,26,28)(H,27,30). The van der Waals surface area contributed by atoms with Crippen LogP contribution in [0.25, 0.3) is 22.3 Å². The number of benzene rings is 2. The highest BCUT2D eigenvalue weighted by Gasteiger charge is 2.24. The van der Waals surface area contributed by atoms with Gasteiger partial charge in [-0.15, -0.1) is 0 Å². The van der Waals surface area contributed by atoms with Gasteiger partial charge in [0.1, 0.15) is 5.82 Å².